The van der Waals surface area contributed by atoms with Gasteiger partial charge in [0.1, 0.15) is 12.3 Å². The molecule has 1 aliphatic rings. The van der Waals surface area contributed by atoms with E-state index in [1.807, 2.05) is 36.4 Å². The lowest BCUT2D eigenvalue weighted by atomic mass is 10.1. The van der Waals surface area contributed by atoms with Crippen LogP contribution in [0.3, 0.4) is 0 Å². The van der Waals surface area contributed by atoms with Crippen molar-refractivity contribution in [2.75, 3.05) is 16.8 Å². The van der Waals surface area contributed by atoms with E-state index in [-0.39, 0.29) is 24.3 Å². The summed E-state index contributed by atoms with van der Waals surface area (Å²) in [5.74, 6) is -0.402. The largest absolute Gasteiger partial charge is 0.360 e. The van der Waals surface area contributed by atoms with Crippen LogP contribution in [0.2, 0.25) is 0 Å². The van der Waals surface area contributed by atoms with Gasteiger partial charge < -0.3 is 15.2 Å². The SMILES string of the molecule is Cc1cc(NC(=O)/C=C/C(=O)N(CC(=O)NC2CCCC2)c2cccc3ccccc23)no1. The molecule has 1 heterocycles. The normalized spacial score (nSPS) is 14.0. The van der Waals surface area contributed by atoms with Crippen LogP contribution in [0.25, 0.3) is 10.8 Å². The zero-order valence-electron chi connectivity index (χ0n) is 18.4. The number of aromatic nitrogens is 1. The summed E-state index contributed by atoms with van der Waals surface area (Å²) < 4.78 is 4.92. The molecule has 0 unspecified atom stereocenters. The van der Waals surface area contributed by atoms with Gasteiger partial charge in [-0.3, -0.25) is 19.3 Å². The van der Waals surface area contributed by atoms with Crippen LogP contribution in [-0.4, -0.2) is 35.5 Å². The first-order chi connectivity index (χ1) is 16.0. The fourth-order valence-corrected chi connectivity index (χ4v) is 4.04. The van der Waals surface area contributed by atoms with Gasteiger partial charge in [-0.25, -0.2) is 0 Å². The van der Waals surface area contributed by atoms with Crippen molar-refractivity contribution in [3.63, 3.8) is 0 Å². The summed E-state index contributed by atoms with van der Waals surface area (Å²) in [7, 11) is 0. The van der Waals surface area contributed by atoms with Crippen LogP contribution in [-0.2, 0) is 14.4 Å². The van der Waals surface area contributed by atoms with Crippen LogP contribution in [0.4, 0.5) is 11.5 Å². The summed E-state index contributed by atoms with van der Waals surface area (Å²) in [5, 5.41) is 11.1. The Morgan fingerprint density at radius 2 is 1.85 bits per heavy atom. The highest BCUT2D eigenvalue weighted by atomic mass is 16.5. The Morgan fingerprint density at radius 1 is 1.09 bits per heavy atom. The van der Waals surface area contributed by atoms with E-state index in [0.29, 0.717) is 11.4 Å². The number of carbonyl (C=O) groups excluding carboxylic acids is 3. The summed E-state index contributed by atoms with van der Waals surface area (Å²) in [6.45, 7) is 1.57. The highest BCUT2D eigenvalue weighted by molar-refractivity contribution is 6.12. The van der Waals surface area contributed by atoms with Crippen LogP contribution in [0.5, 0.6) is 0 Å². The molecule has 0 radical (unpaired) electrons. The van der Waals surface area contributed by atoms with Crippen molar-refractivity contribution in [1.82, 2.24) is 10.5 Å². The maximum atomic E-state index is 13.2. The van der Waals surface area contributed by atoms with Gasteiger partial charge in [0.2, 0.25) is 11.8 Å². The third-order valence-corrected chi connectivity index (χ3v) is 5.60. The Labute approximate surface area is 191 Å². The van der Waals surface area contributed by atoms with E-state index in [0.717, 1.165) is 48.6 Å². The lowest BCUT2D eigenvalue weighted by Gasteiger charge is -2.23. The summed E-state index contributed by atoms with van der Waals surface area (Å²) in [6, 6.07) is 15.0. The second-order valence-corrected chi connectivity index (χ2v) is 8.12. The van der Waals surface area contributed by atoms with E-state index in [4.69, 9.17) is 4.52 Å². The number of hydrogen-bond donors (Lipinski definition) is 2. The average molecular weight is 447 g/mol. The number of fused-ring (bicyclic) bond motifs is 1. The molecule has 2 N–H and O–H groups in total. The molecule has 1 fully saturated rings. The number of hydrogen-bond acceptors (Lipinski definition) is 5. The Kier molecular flexibility index (Phi) is 6.83. The molecule has 0 saturated heterocycles. The minimum absolute atomic E-state index is 0.141. The van der Waals surface area contributed by atoms with Gasteiger partial charge in [0.25, 0.3) is 5.91 Å². The molecule has 1 aromatic heterocycles. The molecule has 0 bridgehead atoms. The smallest absolute Gasteiger partial charge is 0.251 e. The fourth-order valence-electron chi connectivity index (χ4n) is 4.04. The minimum Gasteiger partial charge on any atom is -0.360 e. The standard InChI is InChI=1S/C25H26N4O4/c1-17-15-22(28-33-17)27-23(30)13-14-25(32)29(16-24(31)26-19-9-3-4-10-19)21-12-6-8-18-7-2-5-11-20(18)21/h2,5-8,11-15,19H,3-4,9-10,16H2,1H3,(H,26,31)(H,27,28,30)/b14-13+. The van der Waals surface area contributed by atoms with E-state index < -0.39 is 11.8 Å². The van der Waals surface area contributed by atoms with Gasteiger partial charge in [-0.2, -0.15) is 0 Å². The van der Waals surface area contributed by atoms with E-state index >= 15 is 0 Å². The van der Waals surface area contributed by atoms with Gasteiger partial charge in [-0.15, -0.1) is 0 Å². The third kappa shape index (κ3) is 5.65. The number of amides is 3. The number of rotatable bonds is 7. The summed E-state index contributed by atoms with van der Waals surface area (Å²) in [5.41, 5.74) is 0.608. The molecule has 4 rings (SSSR count). The monoisotopic (exact) mass is 446 g/mol. The van der Waals surface area contributed by atoms with E-state index in [9.17, 15) is 14.4 Å². The van der Waals surface area contributed by atoms with Gasteiger partial charge >= 0.3 is 0 Å². The van der Waals surface area contributed by atoms with Crippen molar-refractivity contribution in [2.24, 2.45) is 0 Å². The van der Waals surface area contributed by atoms with Gasteiger partial charge in [-0.05, 0) is 31.2 Å². The van der Waals surface area contributed by atoms with Gasteiger partial charge in [-0.1, -0.05) is 54.4 Å². The second-order valence-electron chi connectivity index (χ2n) is 8.12. The lowest BCUT2D eigenvalue weighted by molar-refractivity contribution is -0.122. The molecule has 0 aliphatic heterocycles. The molecular formula is C25H26N4O4. The molecule has 0 spiro atoms. The predicted octanol–water partition coefficient (Wildman–Crippen LogP) is 3.72. The zero-order chi connectivity index (χ0) is 23.2. The number of benzene rings is 2. The Hall–Kier alpha value is -3.94. The van der Waals surface area contributed by atoms with Crippen molar-refractivity contribution in [2.45, 2.75) is 38.6 Å². The van der Waals surface area contributed by atoms with Crippen LogP contribution >= 0.6 is 0 Å². The fraction of sp³-hybridized carbons (Fsp3) is 0.280. The molecule has 1 aliphatic carbocycles. The maximum absolute atomic E-state index is 13.2. The molecule has 0 atom stereocenters. The van der Waals surface area contributed by atoms with E-state index in [1.54, 1.807) is 19.1 Å². The Bertz CT molecular complexity index is 1190. The third-order valence-electron chi connectivity index (χ3n) is 5.60. The number of nitrogens with one attached hydrogen (secondary N) is 2. The first kappa shape index (κ1) is 22.3. The number of nitrogens with zero attached hydrogens (tertiary/aromatic N) is 2. The van der Waals surface area contributed by atoms with Crippen molar-refractivity contribution < 1.29 is 18.9 Å². The van der Waals surface area contributed by atoms with Gasteiger partial charge in [0.15, 0.2) is 5.82 Å². The lowest BCUT2D eigenvalue weighted by Crippen LogP contribution is -2.43. The van der Waals surface area contributed by atoms with Crippen molar-refractivity contribution in [3.05, 3.63) is 66.4 Å². The molecule has 33 heavy (non-hydrogen) atoms. The summed E-state index contributed by atoms with van der Waals surface area (Å²) in [4.78, 5) is 39.6. The van der Waals surface area contributed by atoms with Crippen molar-refractivity contribution >= 4 is 40.0 Å². The highest BCUT2D eigenvalue weighted by Gasteiger charge is 2.23. The van der Waals surface area contributed by atoms with E-state index in [1.165, 1.54) is 4.90 Å². The minimum atomic E-state index is -0.523. The predicted molar refractivity (Wildman–Crippen MR) is 126 cm³/mol. The molecule has 170 valence electrons. The van der Waals surface area contributed by atoms with Crippen molar-refractivity contribution in [1.29, 1.82) is 0 Å². The molecular weight excluding hydrogens is 420 g/mol. The van der Waals surface area contributed by atoms with Crippen LogP contribution < -0.4 is 15.5 Å². The topological polar surface area (TPSA) is 105 Å². The van der Waals surface area contributed by atoms with Gasteiger partial charge in [0.05, 0.1) is 5.69 Å². The molecule has 8 heteroatoms. The zero-order valence-corrected chi connectivity index (χ0v) is 18.4. The molecule has 8 nitrogen and oxygen atoms in total. The molecule has 3 aromatic rings. The number of aryl methyl sites for hydroxylation is 1. The second kappa shape index (κ2) is 10.1. The maximum Gasteiger partial charge on any atom is 0.251 e. The van der Waals surface area contributed by atoms with Crippen LogP contribution in [0, 0.1) is 6.92 Å². The van der Waals surface area contributed by atoms with Crippen LogP contribution in [0.1, 0.15) is 31.4 Å². The quantitative estimate of drug-likeness (QED) is 0.538. The van der Waals surface area contributed by atoms with Crippen molar-refractivity contribution in [3.8, 4) is 0 Å². The molecule has 1 saturated carbocycles. The first-order valence-corrected chi connectivity index (χ1v) is 11.0. The number of anilines is 2. The number of carbonyl (C=O) groups is 3. The molecule has 2 aromatic carbocycles. The van der Waals surface area contributed by atoms with Crippen LogP contribution in [0.15, 0.2) is 65.2 Å². The Balaban J connectivity index is 1.55. The average Bonchev–Trinajstić information content (AvgIpc) is 3.47. The molecule has 3 amide bonds. The first-order valence-electron chi connectivity index (χ1n) is 11.0. The highest BCUT2D eigenvalue weighted by Crippen LogP contribution is 2.27. The summed E-state index contributed by atoms with van der Waals surface area (Å²) >= 11 is 0. The van der Waals surface area contributed by atoms with E-state index in [2.05, 4.69) is 15.8 Å². The summed E-state index contributed by atoms with van der Waals surface area (Å²) in [6.07, 6.45) is 6.39. The Morgan fingerprint density at radius 3 is 2.61 bits per heavy atom. The van der Waals surface area contributed by atoms with Gasteiger partial charge in [0, 0.05) is 29.6 Å².